The number of benzene rings is 3. The molecule has 3 aromatic carbocycles. The topological polar surface area (TPSA) is 71.0 Å². The average molecular weight is 387 g/mol. The third kappa shape index (κ3) is 3.23. The summed E-state index contributed by atoms with van der Waals surface area (Å²) in [6, 6.07) is 20.3. The molecular formula is C23H21N3O3. The smallest absolute Gasteiger partial charge is 0.346 e. The second-order valence-corrected chi connectivity index (χ2v) is 6.89. The second kappa shape index (κ2) is 7.39. The number of carbonyl (C=O) groups excluding carboxylic acids is 2. The molecule has 29 heavy (non-hydrogen) atoms. The van der Waals surface area contributed by atoms with Gasteiger partial charge in [-0.05, 0) is 46.5 Å². The monoisotopic (exact) mass is 387 g/mol. The minimum Gasteiger partial charge on any atom is -0.497 e. The molecule has 6 heteroatoms. The molecule has 0 saturated carbocycles. The lowest BCUT2D eigenvalue weighted by atomic mass is 9.87. The third-order valence-electron chi connectivity index (χ3n) is 5.26. The number of nitrogens with zero attached hydrogens (tertiary/aromatic N) is 2. The van der Waals surface area contributed by atoms with E-state index in [-0.39, 0.29) is 5.91 Å². The Labute approximate surface area is 168 Å². The zero-order chi connectivity index (χ0) is 20.4. The molecule has 0 radical (unpaired) electrons. The summed E-state index contributed by atoms with van der Waals surface area (Å²) in [4.78, 5) is 25.6. The number of methoxy groups -OCH3 is 1. The minimum absolute atomic E-state index is 0.377. The van der Waals surface area contributed by atoms with E-state index in [2.05, 4.69) is 10.4 Å². The van der Waals surface area contributed by atoms with E-state index < -0.39 is 11.6 Å². The molecule has 6 nitrogen and oxygen atoms in total. The number of carbonyl (C=O) groups is 2. The van der Waals surface area contributed by atoms with Crippen molar-refractivity contribution in [3.05, 3.63) is 77.9 Å². The summed E-state index contributed by atoms with van der Waals surface area (Å²) in [5.41, 5.74) is 0.450. The van der Waals surface area contributed by atoms with Crippen molar-refractivity contribution < 1.29 is 14.3 Å². The molecule has 0 bridgehead atoms. The molecule has 0 unspecified atom stereocenters. The third-order valence-corrected chi connectivity index (χ3v) is 5.26. The number of rotatable bonds is 5. The van der Waals surface area contributed by atoms with Crippen molar-refractivity contribution in [3.63, 3.8) is 0 Å². The minimum atomic E-state index is -1.09. The normalized spacial score (nSPS) is 19.2. The number of ether oxygens (including phenoxy) is 1. The van der Waals surface area contributed by atoms with Gasteiger partial charge in [-0.2, -0.15) is 5.10 Å². The van der Waals surface area contributed by atoms with Crippen LogP contribution in [0.1, 0.15) is 24.5 Å². The number of hydrogen-bond acceptors (Lipinski definition) is 4. The number of hydrazone groups is 1. The van der Waals surface area contributed by atoms with Gasteiger partial charge in [0.05, 0.1) is 13.3 Å². The zero-order valence-electron chi connectivity index (χ0n) is 16.3. The lowest BCUT2D eigenvalue weighted by molar-refractivity contribution is -0.131. The summed E-state index contributed by atoms with van der Waals surface area (Å²) in [6.45, 7) is 1.87. The van der Waals surface area contributed by atoms with Crippen molar-refractivity contribution in [2.75, 3.05) is 7.11 Å². The fourth-order valence-corrected chi connectivity index (χ4v) is 3.60. The van der Waals surface area contributed by atoms with E-state index in [0.717, 1.165) is 32.7 Å². The number of nitrogens with one attached hydrogen (secondary N) is 1. The number of urea groups is 1. The van der Waals surface area contributed by atoms with Crippen molar-refractivity contribution in [2.24, 2.45) is 5.10 Å². The molecule has 1 aliphatic heterocycles. The van der Waals surface area contributed by atoms with Gasteiger partial charge in [-0.15, -0.1) is 5.01 Å². The van der Waals surface area contributed by atoms with Gasteiger partial charge in [0.15, 0.2) is 0 Å². The molecule has 4 rings (SSSR count). The molecule has 3 aromatic rings. The molecule has 0 aliphatic carbocycles. The average Bonchev–Trinajstić information content (AvgIpc) is 3.02. The fourth-order valence-electron chi connectivity index (χ4n) is 3.60. The van der Waals surface area contributed by atoms with Gasteiger partial charge in [0.1, 0.15) is 11.3 Å². The molecule has 3 amide bonds. The van der Waals surface area contributed by atoms with E-state index in [4.69, 9.17) is 4.74 Å². The maximum atomic E-state index is 13.1. The van der Waals surface area contributed by atoms with E-state index >= 15 is 0 Å². The van der Waals surface area contributed by atoms with Crippen LogP contribution in [0.3, 0.4) is 0 Å². The Morgan fingerprint density at radius 3 is 2.48 bits per heavy atom. The first-order valence-electron chi connectivity index (χ1n) is 9.41. The van der Waals surface area contributed by atoms with Gasteiger partial charge in [-0.3, -0.25) is 4.79 Å². The number of amides is 3. The Balaban J connectivity index is 1.62. The van der Waals surface area contributed by atoms with Crippen LogP contribution in [-0.4, -0.2) is 30.3 Å². The maximum absolute atomic E-state index is 13.1. The van der Waals surface area contributed by atoms with Crippen molar-refractivity contribution >= 4 is 28.9 Å². The quantitative estimate of drug-likeness (QED) is 0.531. The first kappa shape index (κ1) is 18.7. The summed E-state index contributed by atoms with van der Waals surface area (Å²) in [6.07, 6.45) is 1.96. The highest BCUT2D eigenvalue weighted by Crippen LogP contribution is 2.32. The number of imide groups is 1. The Hall–Kier alpha value is -3.67. The molecule has 1 atom stereocenters. The molecule has 1 saturated heterocycles. The van der Waals surface area contributed by atoms with Gasteiger partial charge < -0.3 is 10.1 Å². The molecule has 1 heterocycles. The van der Waals surface area contributed by atoms with E-state index in [1.165, 1.54) is 6.21 Å². The van der Waals surface area contributed by atoms with Crippen LogP contribution in [-0.2, 0) is 10.3 Å². The van der Waals surface area contributed by atoms with Gasteiger partial charge in [0, 0.05) is 0 Å². The molecule has 1 aliphatic rings. The molecule has 1 N–H and O–H groups in total. The lowest BCUT2D eigenvalue weighted by Gasteiger charge is -2.24. The Morgan fingerprint density at radius 2 is 1.76 bits per heavy atom. The zero-order valence-corrected chi connectivity index (χ0v) is 16.3. The highest BCUT2D eigenvalue weighted by molar-refractivity contribution is 6.08. The van der Waals surface area contributed by atoms with Crippen LogP contribution >= 0.6 is 0 Å². The number of fused-ring (bicyclic) bond motifs is 1. The summed E-state index contributed by atoms with van der Waals surface area (Å²) in [5, 5.41) is 9.97. The van der Waals surface area contributed by atoms with E-state index in [0.29, 0.717) is 6.42 Å². The fraction of sp³-hybridized carbons (Fsp3) is 0.174. The van der Waals surface area contributed by atoms with Gasteiger partial charge >= 0.3 is 6.03 Å². The molecular weight excluding hydrogens is 366 g/mol. The van der Waals surface area contributed by atoms with Crippen LogP contribution in [0.15, 0.2) is 71.8 Å². The van der Waals surface area contributed by atoms with Gasteiger partial charge in [0.25, 0.3) is 5.91 Å². The van der Waals surface area contributed by atoms with Gasteiger partial charge in [0.2, 0.25) is 0 Å². The standard InChI is InChI=1S/C23H21N3O3/c1-3-23(19-7-5-4-6-8-19)21(27)26(22(28)25-23)24-15-16-9-10-18-14-20(29-2)12-11-17(18)13-16/h4-15H,3H2,1-2H3,(H,25,28)/b24-15-/t23-/m0/s1. The summed E-state index contributed by atoms with van der Waals surface area (Å²) in [5.74, 6) is 0.410. The van der Waals surface area contributed by atoms with Crippen LogP contribution in [0.5, 0.6) is 5.75 Å². The SMILES string of the molecule is CC[C@@]1(c2ccccc2)NC(=O)N(/N=C\c2ccc3cc(OC)ccc3c2)C1=O. The van der Waals surface area contributed by atoms with Crippen LogP contribution in [0.25, 0.3) is 10.8 Å². The van der Waals surface area contributed by atoms with E-state index in [1.54, 1.807) is 7.11 Å². The summed E-state index contributed by atoms with van der Waals surface area (Å²) in [7, 11) is 1.63. The Bertz CT molecular complexity index is 1110. The molecule has 146 valence electrons. The largest absolute Gasteiger partial charge is 0.497 e. The van der Waals surface area contributed by atoms with E-state index in [1.807, 2.05) is 73.7 Å². The van der Waals surface area contributed by atoms with Gasteiger partial charge in [-0.25, -0.2) is 4.79 Å². The maximum Gasteiger partial charge on any atom is 0.346 e. The number of hydrogen-bond donors (Lipinski definition) is 1. The van der Waals surface area contributed by atoms with Crippen LogP contribution in [0.2, 0.25) is 0 Å². The highest BCUT2D eigenvalue weighted by atomic mass is 16.5. The van der Waals surface area contributed by atoms with Crippen molar-refractivity contribution in [3.8, 4) is 5.75 Å². The van der Waals surface area contributed by atoms with Crippen molar-refractivity contribution in [2.45, 2.75) is 18.9 Å². The lowest BCUT2D eigenvalue weighted by Crippen LogP contribution is -2.43. The Morgan fingerprint density at radius 1 is 1.03 bits per heavy atom. The summed E-state index contributed by atoms with van der Waals surface area (Å²) < 4.78 is 5.24. The highest BCUT2D eigenvalue weighted by Gasteiger charge is 2.51. The molecule has 0 spiro atoms. The summed E-state index contributed by atoms with van der Waals surface area (Å²) >= 11 is 0. The van der Waals surface area contributed by atoms with Crippen molar-refractivity contribution in [1.29, 1.82) is 0 Å². The van der Waals surface area contributed by atoms with Crippen molar-refractivity contribution in [1.82, 2.24) is 10.3 Å². The predicted molar refractivity (Wildman–Crippen MR) is 112 cm³/mol. The second-order valence-electron chi connectivity index (χ2n) is 6.89. The predicted octanol–water partition coefficient (Wildman–Crippen LogP) is 4.04. The van der Waals surface area contributed by atoms with Crippen LogP contribution < -0.4 is 10.1 Å². The Kier molecular flexibility index (Phi) is 4.76. The first-order chi connectivity index (χ1) is 14.1. The van der Waals surface area contributed by atoms with Gasteiger partial charge in [-0.1, -0.05) is 55.5 Å². The first-order valence-corrected chi connectivity index (χ1v) is 9.41. The van der Waals surface area contributed by atoms with E-state index in [9.17, 15) is 9.59 Å². The molecule has 0 aromatic heterocycles. The van der Waals surface area contributed by atoms with Crippen LogP contribution in [0, 0.1) is 0 Å². The molecule has 1 fully saturated rings. The van der Waals surface area contributed by atoms with Crippen LogP contribution in [0.4, 0.5) is 4.79 Å².